The number of benzene rings is 2. The Hall–Kier alpha value is -3.15. The minimum atomic E-state index is -0.780. The van der Waals surface area contributed by atoms with Crippen molar-refractivity contribution in [2.45, 2.75) is 18.9 Å². The van der Waals surface area contributed by atoms with E-state index in [1.807, 2.05) is 30.3 Å². The van der Waals surface area contributed by atoms with Crippen LogP contribution >= 0.6 is 0 Å². The van der Waals surface area contributed by atoms with Crippen LogP contribution in [0.2, 0.25) is 0 Å². The molecule has 6 heteroatoms. The van der Waals surface area contributed by atoms with Gasteiger partial charge in [-0.3, -0.25) is 14.9 Å². The molecule has 3 N–H and O–H groups in total. The molecule has 0 radical (unpaired) electrons. The van der Waals surface area contributed by atoms with Gasteiger partial charge in [0.25, 0.3) is 5.91 Å². The van der Waals surface area contributed by atoms with E-state index in [1.54, 1.807) is 0 Å². The molecular formula is C19H19N3O3. The zero-order valence-electron chi connectivity index (χ0n) is 13.6. The number of carbonyl (C=O) groups excluding carboxylic acids is 3. The Morgan fingerprint density at radius 3 is 2.28 bits per heavy atom. The Kier molecular flexibility index (Phi) is 5.09. The first kappa shape index (κ1) is 16.7. The summed E-state index contributed by atoms with van der Waals surface area (Å²) in [6.07, 6.45) is 0.647. The fourth-order valence-electron chi connectivity index (χ4n) is 2.70. The zero-order valence-corrected chi connectivity index (χ0v) is 13.6. The zero-order chi connectivity index (χ0) is 17.6. The largest absolute Gasteiger partial charge is 0.356 e. The molecule has 6 nitrogen and oxygen atoms in total. The molecule has 1 atom stereocenters. The number of imide groups is 1. The molecule has 1 aliphatic heterocycles. The lowest BCUT2D eigenvalue weighted by Gasteiger charge is -2.09. The highest BCUT2D eigenvalue weighted by molar-refractivity contribution is 6.05. The average Bonchev–Trinajstić information content (AvgIpc) is 2.93. The maximum absolute atomic E-state index is 11.8. The number of carbonyl (C=O) groups is 3. The highest BCUT2D eigenvalue weighted by atomic mass is 16.2. The monoisotopic (exact) mass is 337 g/mol. The van der Waals surface area contributed by atoms with Gasteiger partial charge in [0.15, 0.2) is 0 Å². The maximum atomic E-state index is 11.8. The summed E-state index contributed by atoms with van der Waals surface area (Å²) in [4.78, 5) is 34.2. The maximum Gasteiger partial charge on any atom is 0.322 e. The molecule has 1 heterocycles. The van der Waals surface area contributed by atoms with Crippen LogP contribution in [0.4, 0.5) is 4.79 Å². The first-order valence-corrected chi connectivity index (χ1v) is 8.14. The molecule has 1 aliphatic rings. The minimum Gasteiger partial charge on any atom is -0.356 e. The van der Waals surface area contributed by atoms with Crippen molar-refractivity contribution in [1.29, 1.82) is 0 Å². The van der Waals surface area contributed by atoms with Crippen LogP contribution < -0.4 is 16.0 Å². The quantitative estimate of drug-likeness (QED) is 0.700. The molecular weight excluding hydrogens is 318 g/mol. The van der Waals surface area contributed by atoms with Crippen molar-refractivity contribution in [3.8, 4) is 11.1 Å². The van der Waals surface area contributed by atoms with Crippen LogP contribution in [0, 0.1) is 0 Å². The molecule has 0 aliphatic carbocycles. The Bertz CT molecular complexity index is 772. The number of hydrogen-bond donors (Lipinski definition) is 3. The van der Waals surface area contributed by atoms with Crippen LogP contribution in [0.25, 0.3) is 11.1 Å². The third-order valence-corrected chi connectivity index (χ3v) is 4.04. The summed E-state index contributed by atoms with van der Waals surface area (Å²) in [6, 6.07) is 17.0. The van der Waals surface area contributed by atoms with Gasteiger partial charge in [0.2, 0.25) is 5.91 Å². The van der Waals surface area contributed by atoms with Crippen molar-refractivity contribution < 1.29 is 14.4 Å². The molecule has 2 aromatic carbocycles. The molecule has 0 spiro atoms. The summed E-state index contributed by atoms with van der Waals surface area (Å²) in [7, 11) is 0. The van der Waals surface area contributed by atoms with Crippen molar-refractivity contribution in [3.05, 3.63) is 60.2 Å². The number of urea groups is 1. The highest BCUT2D eigenvalue weighted by Gasteiger charge is 2.30. The van der Waals surface area contributed by atoms with Gasteiger partial charge < -0.3 is 10.6 Å². The van der Waals surface area contributed by atoms with Crippen LogP contribution in [-0.4, -0.2) is 30.4 Å². The van der Waals surface area contributed by atoms with Gasteiger partial charge in [-0.15, -0.1) is 0 Å². The Morgan fingerprint density at radius 2 is 1.64 bits per heavy atom. The Balaban J connectivity index is 1.45. The summed E-state index contributed by atoms with van der Waals surface area (Å²) in [5.41, 5.74) is 3.43. The van der Waals surface area contributed by atoms with Crippen molar-refractivity contribution in [2.24, 2.45) is 0 Å². The smallest absolute Gasteiger partial charge is 0.322 e. The molecule has 2 aromatic rings. The van der Waals surface area contributed by atoms with Gasteiger partial charge in [-0.05, 0) is 23.1 Å². The first-order chi connectivity index (χ1) is 12.1. The lowest BCUT2D eigenvalue weighted by Crippen LogP contribution is -2.36. The van der Waals surface area contributed by atoms with Crippen LogP contribution in [0.5, 0.6) is 0 Å². The van der Waals surface area contributed by atoms with E-state index >= 15 is 0 Å². The normalized spacial score (nSPS) is 16.2. The van der Waals surface area contributed by atoms with Gasteiger partial charge in [0.05, 0.1) is 6.42 Å². The Morgan fingerprint density at radius 1 is 0.960 bits per heavy atom. The van der Waals surface area contributed by atoms with Crippen molar-refractivity contribution >= 4 is 17.8 Å². The van der Waals surface area contributed by atoms with Gasteiger partial charge in [-0.1, -0.05) is 54.6 Å². The van der Waals surface area contributed by atoms with Crippen molar-refractivity contribution in [2.75, 3.05) is 6.54 Å². The molecule has 4 amide bonds. The molecule has 1 unspecified atom stereocenters. The summed E-state index contributed by atoms with van der Waals surface area (Å²) < 4.78 is 0. The molecule has 0 bridgehead atoms. The number of amides is 4. The second-order valence-electron chi connectivity index (χ2n) is 5.88. The molecule has 25 heavy (non-hydrogen) atoms. The molecule has 1 fully saturated rings. The van der Waals surface area contributed by atoms with E-state index in [9.17, 15) is 14.4 Å². The second-order valence-corrected chi connectivity index (χ2v) is 5.88. The fraction of sp³-hybridized carbons (Fsp3) is 0.211. The van der Waals surface area contributed by atoms with Gasteiger partial charge in [0, 0.05) is 6.54 Å². The van der Waals surface area contributed by atoms with E-state index < -0.39 is 18.0 Å². The van der Waals surface area contributed by atoms with Crippen molar-refractivity contribution in [1.82, 2.24) is 16.0 Å². The molecule has 128 valence electrons. The Labute approximate surface area is 145 Å². The second kappa shape index (κ2) is 7.61. The molecule has 0 aromatic heterocycles. The molecule has 3 rings (SSSR count). The van der Waals surface area contributed by atoms with Gasteiger partial charge in [-0.25, -0.2) is 4.79 Å². The van der Waals surface area contributed by atoms with E-state index in [4.69, 9.17) is 0 Å². The van der Waals surface area contributed by atoms with Crippen molar-refractivity contribution in [3.63, 3.8) is 0 Å². The van der Waals surface area contributed by atoms with Gasteiger partial charge in [0.1, 0.15) is 6.04 Å². The molecule has 0 saturated carbocycles. The number of hydrogen-bond acceptors (Lipinski definition) is 3. The predicted octanol–water partition coefficient (Wildman–Crippen LogP) is 1.61. The fourth-order valence-corrected chi connectivity index (χ4v) is 2.70. The lowest BCUT2D eigenvalue weighted by atomic mass is 10.0. The summed E-state index contributed by atoms with van der Waals surface area (Å²) in [5, 5.41) is 7.28. The highest BCUT2D eigenvalue weighted by Crippen LogP contribution is 2.19. The van der Waals surface area contributed by atoms with E-state index in [1.165, 1.54) is 5.56 Å². The van der Waals surface area contributed by atoms with Gasteiger partial charge in [-0.2, -0.15) is 0 Å². The average molecular weight is 337 g/mol. The third kappa shape index (κ3) is 4.44. The molecule has 1 saturated heterocycles. The van der Waals surface area contributed by atoms with E-state index in [0.717, 1.165) is 11.1 Å². The first-order valence-electron chi connectivity index (χ1n) is 8.14. The number of nitrogens with one attached hydrogen (secondary N) is 3. The third-order valence-electron chi connectivity index (χ3n) is 4.04. The van der Waals surface area contributed by atoms with Gasteiger partial charge >= 0.3 is 6.03 Å². The van der Waals surface area contributed by atoms with Crippen LogP contribution in [0.3, 0.4) is 0 Å². The topological polar surface area (TPSA) is 87.3 Å². The SMILES string of the molecule is O=C(CC1NC(=O)NC1=O)NCCc1ccc(-c2ccccc2)cc1. The lowest BCUT2D eigenvalue weighted by molar-refractivity contribution is -0.126. The van der Waals surface area contributed by atoms with Crippen LogP contribution in [0.15, 0.2) is 54.6 Å². The summed E-state index contributed by atoms with van der Waals surface area (Å²) >= 11 is 0. The predicted molar refractivity (Wildman–Crippen MR) is 93.7 cm³/mol. The van der Waals surface area contributed by atoms with E-state index in [-0.39, 0.29) is 12.3 Å². The van der Waals surface area contributed by atoms with Crippen LogP contribution in [0.1, 0.15) is 12.0 Å². The minimum absolute atomic E-state index is 0.0511. The summed E-state index contributed by atoms with van der Waals surface area (Å²) in [6.45, 7) is 0.478. The van der Waals surface area contributed by atoms with E-state index in [0.29, 0.717) is 13.0 Å². The van der Waals surface area contributed by atoms with E-state index in [2.05, 4.69) is 40.2 Å². The number of rotatable bonds is 6. The summed E-state index contributed by atoms with van der Waals surface area (Å²) in [5.74, 6) is -0.722. The standard InChI is InChI=1S/C19H19N3O3/c23-17(12-16-18(24)22-19(25)21-16)20-11-10-13-6-8-15(9-7-13)14-4-2-1-3-5-14/h1-9,16H,10-12H2,(H,20,23)(H2,21,22,24,25). The van der Waals surface area contributed by atoms with Crippen LogP contribution in [-0.2, 0) is 16.0 Å².